The van der Waals surface area contributed by atoms with Crippen LogP contribution < -0.4 is 10.2 Å². The number of aryl methyl sites for hydroxylation is 1. The molecule has 2 aromatic heterocycles. The molecule has 1 atom stereocenters. The minimum Gasteiger partial charge on any atom is -0.381 e. The van der Waals surface area contributed by atoms with E-state index in [2.05, 4.69) is 27.1 Å². The number of anilines is 2. The molecule has 0 radical (unpaired) electrons. The van der Waals surface area contributed by atoms with Crippen molar-refractivity contribution in [2.75, 3.05) is 30.0 Å². The molecule has 1 saturated heterocycles. The summed E-state index contributed by atoms with van der Waals surface area (Å²) in [5.41, 5.74) is 3.46. The van der Waals surface area contributed by atoms with Crippen LogP contribution in [0.3, 0.4) is 0 Å². The maximum atomic E-state index is 13.1. The number of hydrogen-bond donors (Lipinski definition) is 1. The molecular weight excluding hydrogens is 342 g/mol. The molecule has 1 amide bonds. The SMILES string of the molecule is Cc1cc(NC(=O)c2cc(N3CCC[C@H]3C)nc3c2CCOCC3)ncn1. The van der Waals surface area contributed by atoms with Gasteiger partial charge >= 0.3 is 0 Å². The van der Waals surface area contributed by atoms with Crippen LogP contribution in [0.2, 0.25) is 0 Å². The Morgan fingerprint density at radius 3 is 2.89 bits per heavy atom. The smallest absolute Gasteiger partial charge is 0.257 e. The first-order valence-corrected chi connectivity index (χ1v) is 9.59. The topological polar surface area (TPSA) is 80.2 Å². The lowest BCUT2D eigenvalue weighted by molar-refractivity contribution is 0.102. The Morgan fingerprint density at radius 2 is 2.11 bits per heavy atom. The number of nitrogens with zero attached hydrogens (tertiary/aromatic N) is 4. The Morgan fingerprint density at radius 1 is 1.26 bits per heavy atom. The Labute approximate surface area is 159 Å². The van der Waals surface area contributed by atoms with Crippen LogP contribution >= 0.6 is 0 Å². The highest BCUT2D eigenvalue weighted by molar-refractivity contribution is 6.05. The Hall–Kier alpha value is -2.54. The first kappa shape index (κ1) is 17.9. The Bertz CT molecular complexity index is 854. The number of hydrogen-bond acceptors (Lipinski definition) is 6. The third kappa shape index (κ3) is 3.78. The average Bonchev–Trinajstić information content (AvgIpc) is 2.93. The number of amides is 1. The lowest BCUT2D eigenvalue weighted by Crippen LogP contribution is -2.28. The van der Waals surface area contributed by atoms with Gasteiger partial charge in [-0.15, -0.1) is 0 Å². The number of pyridine rings is 1. The molecule has 0 saturated carbocycles. The van der Waals surface area contributed by atoms with E-state index < -0.39 is 0 Å². The van der Waals surface area contributed by atoms with Gasteiger partial charge in [-0.25, -0.2) is 15.0 Å². The quantitative estimate of drug-likeness (QED) is 0.898. The summed E-state index contributed by atoms with van der Waals surface area (Å²) < 4.78 is 5.63. The molecule has 7 heteroatoms. The molecule has 4 heterocycles. The number of ether oxygens (including phenoxy) is 1. The largest absolute Gasteiger partial charge is 0.381 e. The molecule has 0 unspecified atom stereocenters. The molecule has 2 aliphatic heterocycles. The summed E-state index contributed by atoms with van der Waals surface area (Å²) in [5, 5.41) is 2.92. The molecule has 1 N–H and O–H groups in total. The van der Waals surface area contributed by atoms with Gasteiger partial charge in [0.15, 0.2) is 0 Å². The van der Waals surface area contributed by atoms with Gasteiger partial charge < -0.3 is 15.0 Å². The lowest BCUT2D eigenvalue weighted by Gasteiger charge is -2.25. The van der Waals surface area contributed by atoms with Crippen LogP contribution in [0, 0.1) is 6.92 Å². The molecule has 27 heavy (non-hydrogen) atoms. The molecule has 0 spiro atoms. The van der Waals surface area contributed by atoms with Crippen LogP contribution in [0.4, 0.5) is 11.6 Å². The lowest BCUT2D eigenvalue weighted by atomic mass is 10.0. The van der Waals surface area contributed by atoms with Crippen molar-refractivity contribution in [3.63, 3.8) is 0 Å². The van der Waals surface area contributed by atoms with Crippen molar-refractivity contribution in [2.24, 2.45) is 0 Å². The fourth-order valence-corrected chi connectivity index (χ4v) is 3.87. The Kier molecular flexibility index (Phi) is 5.03. The zero-order valence-corrected chi connectivity index (χ0v) is 15.9. The van der Waals surface area contributed by atoms with Crippen molar-refractivity contribution in [1.82, 2.24) is 15.0 Å². The van der Waals surface area contributed by atoms with Gasteiger partial charge in [-0.05, 0) is 44.7 Å². The van der Waals surface area contributed by atoms with Gasteiger partial charge in [0.05, 0.1) is 13.2 Å². The Balaban J connectivity index is 1.71. The van der Waals surface area contributed by atoms with Crippen molar-refractivity contribution >= 4 is 17.5 Å². The summed E-state index contributed by atoms with van der Waals surface area (Å²) in [6.07, 6.45) is 5.21. The third-order valence-electron chi connectivity index (χ3n) is 5.31. The van der Waals surface area contributed by atoms with Gasteiger partial charge in [0, 0.05) is 42.0 Å². The standard InChI is InChI=1S/C20H25N5O2/c1-13-10-18(22-12-21-13)24-20(26)16-11-19(25-7-3-4-14(25)2)23-17-6-9-27-8-5-15(16)17/h10-12,14H,3-9H2,1-2H3,(H,21,22,24,26)/t14-/m1/s1. The highest BCUT2D eigenvalue weighted by Crippen LogP contribution is 2.28. The second-order valence-corrected chi connectivity index (χ2v) is 7.25. The van der Waals surface area contributed by atoms with E-state index in [0.29, 0.717) is 37.1 Å². The molecular formula is C20H25N5O2. The highest BCUT2D eigenvalue weighted by atomic mass is 16.5. The summed E-state index contributed by atoms with van der Waals surface area (Å²) >= 11 is 0. The van der Waals surface area contributed by atoms with Crippen LogP contribution in [0.15, 0.2) is 18.5 Å². The van der Waals surface area contributed by atoms with E-state index in [9.17, 15) is 4.79 Å². The number of carbonyl (C=O) groups excluding carboxylic acids is 1. The van der Waals surface area contributed by atoms with Crippen LogP contribution in [0.25, 0.3) is 0 Å². The summed E-state index contributed by atoms with van der Waals surface area (Å²) in [5.74, 6) is 1.26. The number of rotatable bonds is 3. The van der Waals surface area contributed by atoms with E-state index in [0.717, 1.165) is 48.6 Å². The van der Waals surface area contributed by atoms with E-state index >= 15 is 0 Å². The predicted molar refractivity (Wildman–Crippen MR) is 103 cm³/mol. The monoisotopic (exact) mass is 367 g/mol. The van der Waals surface area contributed by atoms with Crippen molar-refractivity contribution in [3.8, 4) is 0 Å². The van der Waals surface area contributed by atoms with E-state index in [1.54, 1.807) is 6.07 Å². The van der Waals surface area contributed by atoms with Crippen LogP contribution in [-0.4, -0.2) is 46.7 Å². The molecule has 0 aliphatic carbocycles. The molecule has 7 nitrogen and oxygen atoms in total. The minimum absolute atomic E-state index is 0.151. The van der Waals surface area contributed by atoms with Crippen molar-refractivity contribution < 1.29 is 9.53 Å². The molecule has 1 fully saturated rings. The van der Waals surface area contributed by atoms with Gasteiger partial charge in [-0.1, -0.05) is 0 Å². The molecule has 0 aromatic carbocycles. The fourth-order valence-electron chi connectivity index (χ4n) is 3.87. The van der Waals surface area contributed by atoms with E-state index in [-0.39, 0.29) is 5.91 Å². The first-order chi connectivity index (χ1) is 13.1. The first-order valence-electron chi connectivity index (χ1n) is 9.59. The van der Waals surface area contributed by atoms with Crippen LogP contribution in [0.5, 0.6) is 0 Å². The van der Waals surface area contributed by atoms with Gasteiger partial charge in [0.2, 0.25) is 0 Å². The zero-order chi connectivity index (χ0) is 18.8. The van der Waals surface area contributed by atoms with Crippen molar-refractivity contribution in [3.05, 3.63) is 41.0 Å². The van der Waals surface area contributed by atoms with E-state index in [1.807, 2.05) is 13.0 Å². The number of carbonyl (C=O) groups is 1. The third-order valence-corrected chi connectivity index (χ3v) is 5.31. The van der Waals surface area contributed by atoms with Crippen molar-refractivity contribution in [1.29, 1.82) is 0 Å². The molecule has 142 valence electrons. The van der Waals surface area contributed by atoms with Crippen LogP contribution in [0.1, 0.15) is 47.1 Å². The fraction of sp³-hybridized carbons (Fsp3) is 0.500. The predicted octanol–water partition coefficient (Wildman–Crippen LogP) is 2.54. The zero-order valence-electron chi connectivity index (χ0n) is 15.9. The molecule has 2 aromatic rings. The number of aromatic nitrogens is 3. The van der Waals surface area contributed by atoms with Gasteiger partial charge in [-0.3, -0.25) is 4.79 Å². The minimum atomic E-state index is -0.151. The number of nitrogens with one attached hydrogen (secondary N) is 1. The van der Waals surface area contributed by atoms with E-state index in [1.165, 1.54) is 6.33 Å². The summed E-state index contributed by atoms with van der Waals surface area (Å²) in [6.45, 7) is 6.33. The van der Waals surface area contributed by atoms with Crippen LogP contribution in [-0.2, 0) is 17.6 Å². The summed E-state index contributed by atoms with van der Waals surface area (Å²) in [4.78, 5) is 28.5. The average molecular weight is 367 g/mol. The second-order valence-electron chi connectivity index (χ2n) is 7.25. The maximum Gasteiger partial charge on any atom is 0.257 e. The molecule has 2 aliphatic rings. The normalized spacial score (nSPS) is 19.5. The summed E-state index contributed by atoms with van der Waals surface area (Å²) in [7, 11) is 0. The van der Waals surface area contributed by atoms with E-state index in [4.69, 9.17) is 9.72 Å². The molecule has 0 bridgehead atoms. The maximum absolute atomic E-state index is 13.1. The highest BCUT2D eigenvalue weighted by Gasteiger charge is 2.26. The van der Waals surface area contributed by atoms with Gasteiger partial charge in [-0.2, -0.15) is 0 Å². The summed E-state index contributed by atoms with van der Waals surface area (Å²) in [6, 6.07) is 4.15. The van der Waals surface area contributed by atoms with Gasteiger partial charge in [0.25, 0.3) is 5.91 Å². The van der Waals surface area contributed by atoms with Gasteiger partial charge in [0.1, 0.15) is 18.0 Å². The van der Waals surface area contributed by atoms with Crippen molar-refractivity contribution in [2.45, 2.75) is 45.6 Å². The number of fused-ring (bicyclic) bond motifs is 1. The molecule has 4 rings (SSSR count). The second kappa shape index (κ2) is 7.60.